The Balaban J connectivity index is 1.19. The second-order valence-corrected chi connectivity index (χ2v) is 24.3. The summed E-state index contributed by atoms with van der Waals surface area (Å²) in [6, 6.07) is 23.7. The van der Waals surface area contributed by atoms with Gasteiger partial charge in [-0.1, -0.05) is 232 Å². The van der Waals surface area contributed by atoms with Crippen LogP contribution in [0, 0.1) is 0 Å². The number of pyridine rings is 2. The van der Waals surface area contributed by atoms with Crippen molar-refractivity contribution in [2.24, 2.45) is 0 Å². The van der Waals surface area contributed by atoms with Crippen LogP contribution in [0.3, 0.4) is 0 Å². The third-order valence-electron chi connectivity index (χ3n) is 17.9. The minimum atomic E-state index is 1.05. The highest BCUT2D eigenvalue weighted by atomic mass is 14.8. The van der Waals surface area contributed by atoms with E-state index in [0.29, 0.717) is 0 Å². The second-order valence-electron chi connectivity index (χ2n) is 24.3. The topological polar surface area (TPSA) is 83.1 Å². The molecule has 0 unspecified atom stereocenters. The van der Waals surface area contributed by atoms with Gasteiger partial charge in [-0.25, -0.2) is 9.97 Å². The van der Waals surface area contributed by atoms with Gasteiger partial charge in [-0.3, -0.25) is 9.97 Å². The number of benzene rings is 2. The van der Waals surface area contributed by atoms with Crippen molar-refractivity contribution >= 4 is 43.6 Å². The van der Waals surface area contributed by atoms with Crippen LogP contribution in [0.5, 0.6) is 0 Å². The Morgan fingerprint density at radius 2 is 0.512 bits per heavy atom. The molecule has 0 fully saturated rings. The normalized spacial score (nSPS) is 12.1. The van der Waals surface area contributed by atoms with Gasteiger partial charge in [0.15, 0.2) is 0 Å². The van der Waals surface area contributed by atoms with E-state index in [1.165, 1.54) is 261 Å². The van der Waals surface area contributed by atoms with Crippen LogP contribution in [0.4, 0.5) is 0 Å². The summed E-state index contributed by atoms with van der Waals surface area (Å²) in [5.74, 6) is 0. The fraction of sp³-hybridized carbons (Fsp3) is 0.541. The molecule has 0 radical (unpaired) electrons. The molecule has 5 aromatic heterocycles. The van der Waals surface area contributed by atoms with Crippen LogP contribution in [-0.2, 0) is 25.7 Å². The van der Waals surface area contributed by atoms with Crippen molar-refractivity contribution in [3.63, 3.8) is 0 Å². The van der Waals surface area contributed by atoms with E-state index >= 15 is 0 Å². The monoisotopic (exact) mass is 1070 g/mol. The molecule has 0 spiro atoms. The lowest BCUT2D eigenvalue weighted by atomic mass is 9.89. The van der Waals surface area contributed by atoms with Crippen LogP contribution in [0.15, 0.2) is 85.5 Å². The van der Waals surface area contributed by atoms with Crippen molar-refractivity contribution in [3.05, 3.63) is 108 Å². The average Bonchev–Trinajstić information content (AvgIpc) is 4.30. The number of H-pyrrole nitrogens is 2. The zero-order valence-electron chi connectivity index (χ0n) is 50.3. The molecule has 6 heteroatoms. The lowest BCUT2D eigenvalue weighted by Crippen LogP contribution is -1.97. The molecule has 426 valence electrons. The van der Waals surface area contributed by atoms with E-state index in [2.05, 4.69) is 111 Å². The summed E-state index contributed by atoms with van der Waals surface area (Å²) in [5, 5.41) is 4.57. The minimum Gasteiger partial charge on any atom is -0.354 e. The number of aryl methyl sites for hydroxylation is 4. The fourth-order valence-corrected chi connectivity index (χ4v) is 13.3. The Kier molecular flexibility index (Phi) is 23.3. The largest absolute Gasteiger partial charge is 0.354 e. The molecular weight excluding hydrogens is 973 g/mol. The standard InChI is InChI=1S/C74H100N6/c1-5-9-13-17-21-25-29-33-37-55-41-43-57(39-35-31-27-23-19-15-11-7-3)73-69-51-65-62-54-76-48-46-60(62)64(78-65)50-68-72-56(38-34-30-26-22-18-14-10-6-2)42-44-58(40-36-32-28-24-20-16-12-8-4)74(72)70(80-68)52-66-61-53-75-47-45-59(61)63(77-66)49-67(79-69)71(55)73/h41-54,77-78H,5-40H2,1-4H3. The predicted octanol–water partition coefficient (Wildman–Crippen LogP) is 22.8. The average molecular weight is 1070 g/mol. The first-order valence-electron chi connectivity index (χ1n) is 33.1. The van der Waals surface area contributed by atoms with E-state index in [0.717, 1.165) is 81.3 Å². The molecule has 0 saturated carbocycles. The maximum Gasteiger partial charge on any atom is 0.0740 e. The fourth-order valence-electron chi connectivity index (χ4n) is 13.3. The van der Waals surface area contributed by atoms with Gasteiger partial charge in [0, 0.05) is 79.6 Å². The first-order chi connectivity index (χ1) is 39.6. The number of aromatic nitrogens is 6. The Labute approximate surface area is 482 Å². The zero-order chi connectivity index (χ0) is 55.1. The predicted molar refractivity (Wildman–Crippen MR) is 346 cm³/mol. The molecule has 2 aliphatic heterocycles. The molecule has 9 rings (SSSR count). The molecule has 2 aliphatic rings. The van der Waals surface area contributed by atoms with Gasteiger partial charge in [-0.05, 0) is 110 Å². The number of unbranched alkanes of at least 4 members (excludes halogenated alkanes) is 28. The van der Waals surface area contributed by atoms with Crippen molar-refractivity contribution in [1.29, 1.82) is 0 Å². The van der Waals surface area contributed by atoms with Gasteiger partial charge in [-0.15, -0.1) is 0 Å². The number of nitrogens with one attached hydrogen (secondary N) is 2. The lowest BCUT2D eigenvalue weighted by molar-refractivity contribution is 0.575. The third kappa shape index (κ3) is 15.5. The van der Waals surface area contributed by atoms with Crippen LogP contribution in [-0.4, -0.2) is 29.9 Å². The van der Waals surface area contributed by atoms with Gasteiger partial charge >= 0.3 is 0 Å². The Morgan fingerprint density at radius 1 is 0.275 bits per heavy atom. The summed E-state index contributed by atoms with van der Waals surface area (Å²) >= 11 is 0. The van der Waals surface area contributed by atoms with E-state index in [1.54, 1.807) is 0 Å². The first kappa shape index (κ1) is 59.0. The lowest BCUT2D eigenvalue weighted by Gasteiger charge is -2.14. The molecule has 2 N–H and O–H groups in total. The van der Waals surface area contributed by atoms with Gasteiger partial charge in [-0.2, -0.15) is 0 Å². The molecule has 80 heavy (non-hydrogen) atoms. The third-order valence-corrected chi connectivity index (χ3v) is 17.9. The zero-order valence-corrected chi connectivity index (χ0v) is 50.3. The molecule has 0 atom stereocenters. The van der Waals surface area contributed by atoms with Crippen LogP contribution < -0.4 is 0 Å². The Morgan fingerprint density at radius 3 is 0.775 bits per heavy atom. The van der Waals surface area contributed by atoms with Crippen LogP contribution in [0.25, 0.3) is 88.6 Å². The number of hydrogen-bond donors (Lipinski definition) is 2. The van der Waals surface area contributed by atoms with Crippen molar-refractivity contribution in [2.45, 2.75) is 259 Å². The van der Waals surface area contributed by atoms with Gasteiger partial charge in [0.05, 0.1) is 33.8 Å². The molecule has 8 bridgehead atoms. The van der Waals surface area contributed by atoms with Crippen molar-refractivity contribution in [2.75, 3.05) is 0 Å². The molecule has 7 aromatic rings. The summed E-state index contributed by atoms with van der Waals surface area (Å²) in [4.78, 5) is 29.1. The summed E-state index contributed by atoms with van der Waals surface area (Å²) in [7, 11) is 0. The molecular formula is C74H100N6. The smallest absolute Gasteiger partial charge is 0.0740 e. The number of rotatable bonds is 36. The highest BCUT2D eigenvalue weighted by Gasteiger charge is 2.26. The highest BCUT2D eigenvalue weighted by molar-refractivity contribution is 6.10. The van der Waals surface area contributed by atoms with E-state index in [4.69, 9.17) is 19.9 Å². The van der Waals surface area contributed by atoms with Crippen molar-refractivity contribution < 1.29 is 0 Å². The Bertz CT molecular complexity index is 2790. The summed E-state index contributed by atoms with van der Waals surface area (Å²) in [6.07, 6.45) is 54.2. The minimum absolute atomic E-state index is 1.05. The maximum atomic E-state index is 5.77. The van der Waals surface area contributed by atoms with Gasteiger partial charge in [0.1, 0.15) is 0 Å². The van der Waals surface area contributed by atoms with E-state index in [-0.39, 0.29) is 0 Å². The summed E-state index contributed by atoms with van der Waals surface area (Å²) < 4.78 is 0. The maximum absolute atomic E-state index is 5.77. The molecule has 7 heterocycles. The molecule has 0 amide bonds. The van der Waals surface area contributed by atoms with Crippen LogP contribution >= 0.6 is 0 Å². The summed E-state index contributed by atoms with van der Waals surface area (Å²) in [6.45, 7) is 9.24. The van der Waals surface area contributed by atoms with Gasteiger partial charge in [0.2, 0.25) is 0 Å². The number of fused-ring (bicyclic) bond motifs is 20. The van der Waals surface area contributed by atoms with Gasteiger partial charge in [0.25, 0.3) is 0 Å². The molecule has 0 aliphatic carbocycles. The molecule has 2 aromatic carbocycles. The second kappa shape index (κ2) is 31.6. The number of aromatic amines is 2. The van der Waals surface area contributed by atoms with E-state index < -0.39 is 0 Å². The molecule has 6 nitrogen and oxygen atoms in total. The van der Waals surface area contributed by atoms with Gasteiger partial charge < -0.3 is 9.97 Å². The highest BCUT2D eigenvalue weighted by Crippen LogP contribution is 2.46. The molecule has 0 saturated heterocycles. The number of hydrogen-bond acceptors (Lipinski definition) is 4. The van der Waals surface area contributed by atoms with E-state index in [1.807, 2.05) is 12.4 Å². The van der Waals surface area contributed by atoms with Crippen LogP contribution in [0.2, 0.25) is 0 Å². The van der Waals surface area contributed by atoms with Crippen molar-refractivity contribution in [3.8, 4) is 45.0 Å². The van der Waals surface area contributed by atoms with Crippen molar-refractivity contribution in [1.82, 2.24) is 29.9 Å². The first-order valence-corrected chi connectivity index (χ1v) is 33.1. The van der Waals surface area contributed by atoms with Crippen LogP contribution in [0.1, 0.15) is 255 Å². The van der Waals surface area contributed by atoms with E-state index in [9.17, 15) is 0 Å². The SMILES string of the molecule is CCCCCCCCCCc1ccc(CCCCCCCCCC)c2c1-c1cc3[nH]c(cc4nc(cc5[nH]c(cc-2n1)c1cnccc51)-c1c(CCCCCCCCCC)ccc(CCCCCCCCCC)c1-4)c1cnccc31. The summed E-state index contributed by atoms with van der Waals surface area (Å²) in [5.41, 5.74) is 19.4. The Hall–Kier alpha value is -5.62. The quantitative estimate of drug-likeness (QED) is 0.0383. The number of nitrogens with zero attached hydrogens (tertiary/aromatic N) is 4.